The Hall–Kier alpha value is -2.39. The van der Waals surface area contributed by atoms with Crippen molar-refractivity contribution in [3.05, 3.63) is 77.9 Å². The molecule has 1 amide bonds. The number of hydrogen-bond donors (Lipinski definition) is 1. The molecular formula is C22H26N2O. The molecule has 1 heterocycles. The summed E-state index contributed by atoms with van der Waals surface area (Å²) in [6.45, 7) is 5.76. The minimum atomic E-state index is -0.125. The summed E-state index contributed by atoms with van der Waals surface area (Å²) in [7, 11) is 0. The van der Waals surface area contributed by atoms with Gasteiger partial charge in [-0.15, -0.1) is 0 Å². The Morgan fingerprint density at radius 3 is 2.24 bits per heavy atom. The Morgan fingerprint density at radius 1 is 1.00 bits per heavy atom. The monoisotopic (exact) mass is 334 g/mol. The van der Waals surface area contributed by atoms with Crippen molar-refractivity contribution in [1.29, 1.82) is 0 Å². The standard InChI is InChI=1S/C22H26N2O/c1-17(19-9-5-3-6-10-19)23-22(25)18(2)24-15-13-21(14-16-24)20-11-7-4-8-12-20/h3-13,17-18H,14-16H2,1-2H3,(H,23,25). The first-order valence-electron chi connectivity index (χ1n) is 8.99. The molecule has 3 nitrogen and oxygen atoms in total. The average Bonchev–Trinajstić information content (AvgIpc) is 2.69. The predicted molar refractivity (Wildman–Crippen MR) is 103 cm³/mol. The van der Waals surface area contributed by atoms with Crippen LogP contribution in [0.4, 0.5) is 0 Å². The van der Waals surface area contributed by atoms with Crippen LogP contribution >= 0.6 is 0 Å². The second kappa shape index (κ2) is 8.13. The maximum Gasteiger partial charge on any atom is 0.237 e. The Morgan fingerprint density at radius 2 is 1.64 bits per heavy atom. The Balaban J connectivity index is 1.57. The van der Waals surface area contributed by atoms with Gasteiger partial charge in [0, 0.05) is 13.1 Å². The zero-order valence-corrected chi connectivity index (χ0v) is 15.0. The van der Waals surface area contributed by atoms with E-state index < -0.39 is 0 Å². The molecule has 0 bridgehead atoms. The summed E-state index contributed by atoms with van der Waals surface area (Å²) in [5, 5.41) is 3.13. The van der Waals surface area contributed by atoms with Crippen molar-refractivity contribution in [2.24, 2.45) is 0 Å². The van der Waals surface area contributed by atoms with Crippen LogP contribution < -0.4 is 5.32 Å². The maximum absolute atomic E-state index is 12.6. The Labute approximate surface area is 150 Å². The van der Waals surface area contributed by atoms with Crippen molar-refractivity contribution in [3.8, 4) is 0 Å². The summed E-state index contributed by atoms with van der Waals surface area (Å²) >= 11 is 0. The molecule has 0 saturated carbocycles. The fourth-order valence-electron chi connectivity index (χ4n) is 3.28. The molecule has 2 unspecified atom stereocenters. The van der Waals surface area contributed by atoms with Crippen molar-refractivity contribution >= 4 is 11.5 Å². The summed E-state index contributed by atoms with van der Waals surface area (Å²) < 4.78 is 0. The van der Waals surface area contributed by atoms with Gasteiger partial charge >= 0.3 is 0 Å². The summed E-state index contributed by atoms with van der Waals surface area (Å²) in [5.74, 6) is 0.0907. The third-order valence-corrected chi connectivity index (χ3v) is 4.97. The van der Waals surface area contributed by atoms with Crippen LogP contribution in [-0.4, -0.2) is 29.9 Å². The number of nitrogens with one attached hydrogen (secondary N) is 1. The number of carbonyl (C=O) groups is 1. The highest BCUT2D eigenvalue weighted by atomic mass is 16.2. The van der Waals surface area contributed by atoms with Crippen LogP contribution in [0.25, 0.3) is 5.57 Å². The predicted octanol–water partition coefficient (Wildman–Crippen LogP) is 4.04. The lowest BCUT2D eigenvalue weighted by molar-refractivity contribution is -0.126. The normalized spacial score (nSPS) is 17.4. The van der Waals surface area contributed by atoms with Gasteiger partial charge in [0.05, 0.1) is 12.1 Å². The van der Waals surface area contributed by atoms with Gasteiger partial charge in [0.15, 0.2) is 0 Å². The lowest BCUT2D eigenvalue weighted by atomic mass is 9.98. The van der Waals surface area contributed by atoms with E-state index in [0.29, 0.717) is 0 Å². The highest BCUT2D eigenvalue weighted by molar-refractivity contribution is 5.82. The fourth-order valence-corrected chi connectivity index (χ4v) is 3.28. The highest BCUT2D eigenvalue weighted by Crippen LogP contribution is 2.23. The molecule has 1 aliphatic rings. The molecule has 0 fully saturated rings. The summed E-state index contributed by atoms with van der Waals surface area (Å²) in [6, 6.07) is 20.5. The third kappa shape index (κ3) is 4.37. The first-order chi connectivity index (χ1) is 12.1. The van der Waals surface area contributed by atoms with Crippen molar-refractivity contribution in [1.82, 2.24) is 10.2 Å². The summed E-state index contributed by atoms with van der Waals surface area (Å²) in [6.07, 6.45) is 3.24. The lowest BCUT2D eigenvalue weighted by Crippen LogP contribution is -2.47. The van der Waals surface area contributed by atoms with Gasteiger partial charge in [-0.1, -0.05) is 66.7 Å². The minimum Gasteiger partial charge on any atom is -0.348 e. The number of benzene rings is 2. The van der Waals surface area contributed by atoms with E-state index in [1.165, 1.54) is 11.1 Å². The van der Waals surface area contributed by atoms with Crippen LogP contribution in [0, 0.1) is 0 Å². The summed E-state index contributed by atoms with van der Waals surface area (Å²) in [4.78, 5) is 14.8. The molecule has 0 aromatic heterocycles. The molecule has 3 heteroatoms. The molecule has 2 atom stereocenters. The van der Waals surface area contributed by atoms with Gasteiger partial charge in [-0.25, -0.2) is 0 Å². The fraction of sp³-hybridized carbons (Fsp3) is 0.318. The smallest absolute Gasteiger partial charge is 0.237 e. The van der Waals surface area contributed by atoms with E-state index in [1.54, 1.807) is 0 Å². The molecular weight excluding hydrogens is 308 g/mol. The average molecular weight is 334 g/mol. The van der Waals surface area contributed by atoms with Gasteiger partial charge in [-0.3, -0.25) is 9.69 Å². The molecule has 25 heavy (non-hydrogen) atoms. The molecule has 2 aromatic rings. The van der Waals surface area contributed by atoms with Gasteiger partial charge in [0.25, 0.3) is 0 Å². The topological polar surface area (TPSA) is 32.3 Å². The third-order valence-electron chi connectivity index (χ3n) is 4.97. The zero-order chi connectivity index (χ0) is 17.6. The number of nitrogens with zero attached hydrogens (tertiary/aromatic N) is 1. The van der Waals surface area contributed by atoms with Crippen LogP contribution in [-0.2, 0) is 4.79 Å². The van der Waals surface area contributed by atoms with Crippen molar-refractivity contribution in [2.45, 2.75) is 32.4 Å². The van der Waals surface area contributed by atoms with Gasteiger partial charge in [0.1, 0.15) is 0 Å². The Bertz CT molecular complexity index is 724. The molecule has 130 valence electrons. The number of rotatable bonds is 5. The lowest BCUT2D eigenvalue weighted by Gasteiger charge is -2.31. The number of hydrogen-bond acceptors (Lipinski definition) is 2. The van der Waals surface area contributed by atoms with E-state index >= 15 is 0 Å². The maximum atomic E-state index is 12.6. The number of carbonyl (C=O) groups excluding carboxylic acids is 1. The van der Waals surface area contributed by atoms with Crippen LogP contribution in [0.5, 0.6) is 0 Å². The molecule has 0 saturated heterocycles. The van der Waals surface area contributed by atoms with Crippen molar-refractivity contribution in [3.63, 3.8) is 0 Å². The zero-order valence-electron chi connectivity index (χ0n) is 15.0. The van der Waals surface area contributed by atoms with Crippen molar-refractivity contribution < 1.29 is 4.79 Å². The van der Waals surface area contributed by atoms with Crippen molar-refractivity contribution in [2.75, 3.05) is 13.1 Å². The van der Waals surface area contributed by atoms with E-state index in [9.17, 15) is 4.79 Å². The largest absolute Gasteiger partial charge is 0.348 e. The molecule has 1 aliphatic heterocycles. The SMILES string of the molecule is CC(NC(=O)C(C)N1CC=C(c2ccccc2)CC1)c1ccccc1. The second-order valence-corrected chi connectivity index (χ2v) is 6.66. The van der Waals surface area contributed by atoms with E-state index in [1.807, 2.05) is 50.2 Å². The molecule has 0 aliphatic carbocycles. The molecule has 1 N–H and O–H groups in total. The van der Waals surface area contributed by atoms with E-state index in [2.05, 4.69) is 40.6 Å². The van der Waals surface area contributed by atoms with Gasteiger partial charge in [-0.2, -0.15) is 0 Å². The van der Waals surface area contributed by atoms with E-state index in [-0.39, 0.29) is 18.0 Å². The highest BCUT2D eigenvalue weighted by Gasteiger charge is 2.24. The van der Waals surface area contributed by atoms with Gasteiger partial charge < -0.3 is 5.32 Å². The Kier molecular flexibility index (Phi) is 5.67. The number of amides is 1. The van der Waals surface area contributed by atoms with Crippen LogP contribution in [0.1, 0.15) is 37.4 Å². The first-order valence-corrected chi connectivity index (χ1v) is 8.99. The van der Waals surface area contributed by atoms with Gasteiger partial charge in [0.2, 0.25) is 5.91 Å². The van der Waals surface area contributed by atoms with Gasteiger partial charge in [-0.05, 0) is 37.0 Å². The second-order valence-electron chi connectivity index (χ2n) is 6.66. The van der Waals surface area contributed by atoms with Crippen LogP contribution in [0.15, 0.2) is 66.7 Å². The van der Waals surface area contributed by atoms with Crippen LogP contribution in [0.2, 0.25) is 0 Å². The molecule has 0 radical (unpaired) electrons. The molecule has 3 rings (SSSR count). The summed E-state index contributed by atoms with van der Waals surface area (Å²) in [5.41, 5.74) is 3.80. The van der Waals surface area contributed by atoms with Crippen LogP contribution in [0.3, 0.4) is 0 Å². The first kappa shape index (κ1) is 17.4. The quantitative estimate of drug-likeness (QED) is 0.895. The van der Waals surface area contributed by atoms with E-state index in [0.717, 1.165) is 25.1 Å². The minimum absolute atomic E-state index is 0.0244. The molecule has 0 spiro atoms. The van der Waals surface area contributed by atoms with E-state index in [4.69, 9.17) is 0 Å². The molecule has 2 aromatic carbocycles.